The molecule has 1 aliphatic carbocycles. The van der Waals surface area contributed by atoms with Crippen LogP contribution in [0.2, 0.25) is 0 Å². The number of hydrogen-bond donors (Lipinski definition) is 4. The number of carbonyl (C=O) groups is 2. The van der Waals surface area contributed by atoms with Gasteiger partial charge in [0, 0.05) is 23.5 Å². The number of aromatic nitrogens is 1. The molecular weight excluding hydrogens is 454 g/mol. The van der Waals surface area contributed by atoms with Crippen molar-refractivity contribution in [1.29, 1.82) is 0 Å². The van der Waals surface area contributed by atoms with E-state index in [0.29, 0.717) is 12.3 Å². The molecule has 0 aliphatic heterocycles. The number of aliphatic hydroxyl groups excluding tert-OH is 1. The first-order chi connectivity index (χ1) is 17.4. The Labute approximate surface area is 212 Å². The Morgan fingerprint density at radius 1 is 1.11 bits per heavy atom. The summed E-state index contributed by atoms with van der Waals surface area (Å²) < 4.78 is 5.80. The maximum absolute atomic E-state index is 13.7. The summed E-state index contributed by atoms with van der Waals surface area (Å²) in [7, 11) is 0. The van der Waals surface area contributed by atoms with Gasteiger partial charge in [-0.2, -0.15) is 0 Å². The van der Waals surface area contributed by atoms with Crippen LogP contribution in [0.3, 0.4) is 0 Å². The second-order valence-corrected chi connectivity index (χ2v) is 10.2. The minimum Gasteiger partial charge on any atom is -0.446 e. The van der Waals surface area contributed by atoms with Crippen molar-refractivity contribution in [2.24, 2.45) is 5.92 Å². The lowest BCUT2D eigenvalue weighted by atomic mass is 9.88. The highest BCUT2D eigenvalue weighted by molar-refractivity contribution is 5.91. The molecule has 7 heteroatoms. The Morgan fingerprint density at radius 3 is 2.58 bits per heavy atom. The maximum Gasteiger partial charge on any atom is 0.408 e. The van der Waals surface area contributed by atoms with Crippen LogP contribution >= 0.6 is 0 Å². The standard InChI is InChI=1S/C29H37N3O4/c1-20-10-6-9-15-26(20)36-28(35)32-29(2,17-22-18-30-25-14-8-7-13-24(22)25)27(34)31-23(19-33)16-21-11-4-3-5-12-21/h3-5,7-8,11-14,18,20,23,26,30,33H,6,9-10,15-17,19H2,1-2H3,(H,31,34)(H,32,35)/t20?,23?,26?,29-/m1/s1. The molecule has 4 atom stereocenters. The van der Waals surface area contributed by atoms with Gasteiger partial charge in [0.25, 0.3) is 0 Å². The maximum atomic E-state index is 13.7. The zero-order valence-electron chi connectivity index (χ0n) is 21.1. The lowest BCUT2D eigenvalue weighted by Crippen LogP contribution is -2.60. The Bertz CT molecular complexity index is 1160. The number of para-hydroxylation sites is 1. The smallest absolute Gasteiger partial charge is 0.408 e. The molecule has 0 bridgehead atoms. The fourth-order valence-corrected chi connectivity index (χ4v) is 5.09. The zero-order valence-corrected chi connectivity index (χ0v) is 21.1. The lowest BCUT2D eigenvalue weighted by Gasteiger charge is -2.33. The first kappa shape index (κ1) is 25.8. The molecule has 1 aliphatic rings. The first-order valence-electron chi connectivity index (χ1n) is 12.9. The van der Waals surface area contributed by atoms with Crippen molar-refractivity contribution in [2.45, 2.75) is 70.1 Å². The quantitative estimate of drug-likeness (QED) is 0.354. The molecule has 1 heterocycles. The van der Waals surface area contributed by atoms with Gasteiger partial charge in [0.15, 0.2) is 0 Å². The first-order valence-corrected chi connectivity index (χ1v) is 12.9. The summed E-state index contributed by atoms with van der Waals surface area (Å²) in [5, 5.41) is 16.8. The van der Waals surface area contributed by atoms with Crippen LogP contribution in [0, 0.1) is 5.92 Å². The van der Waals surface area contributed by atoms with Crippen molar-refractivity contribution in [2.75, 3.05) is 6.61 Å². The molecule has 36 heavy (non-hydrogen) atoms. The molecule has 4 rings (SSSR count). The van der Waals surface area contributed by atoms with Gasteiger partial charge in [-0.15, -0.1) is 0 Å². The fourth-order valence-electron chi connectivity index (χ4n) is 5.09. The topological polar surface area (TPSA) is 103 Å². The number of carbonyl (C=O) groups excluding carboxylic acids is 2. The van der Waals surface area contributed by atoms with E-state index in [1.807, 2.05) is 60.8 Å². The second kappa shape index (κ2) is 11.6. The molecule has 2 aromatic carbocycles. The van der Waals surface area contributed by atoms with E-state index < -0.39 is 17.7 Å². The van der Waals surface area contributed by atoms with Gasteiger partial charge >= 0.3 is 6.09 Å². The SMILES string of the molecule is CC1CCCCC1OC(=O)N[C@](C)(Cc1c[nH]c2ccccc12)C(=O)NC(CO)Cc1ccccc1. The molecular formula is C29H37N3O4. The summed E-state index contributed by atoms with van der Waals surface area (Å²) in [5.41, 5.74) is 1.60. The molecule has 7 nitrogen and oxygen atoms in total. The highest BCUT2D eigenvalue weighted by Gasteiger charge is 2.38. The third kappa shape index (κ3) is 6.26. The van der Waals surface area contributed by atoms with E-state index >= 15 is 0 Å². The average Bonchev–Trinajstić information content (AvgIpc) is 3.28. The number of aliphatic hydroxyl groups is 1. The number of nitrogens with one attached hydrogen (secondary N) is 3. The number of alkyl carbamates (subject to hydrolysis) is 1. The third-order valence-corrected chi connectivity index (χ3v) is 7.27. The highest BCUT2D eigenvalue weighted by Crippen LogP contribution is 2.27. The van der Waals surface area contributed by atoms with E-state index in [4.69, 9.17) is 4.74 Å². The summed E-state index contributed by atoms with van der Waals surface area (Å²) in [6.45, 7) is 3.60. The van der Waals surface area contributed by atoms with E-state index in [-0.39, 0.29) is 25.0 Å². The van der Waals surface area contributed by atoms with E-state index in [2.05, 4.69) is 22.5 Å². The largest absolute Gasteiger partial charge is 0.446 e. The van der Waals surface area contributed by atoms with Gasteiger partial charge in [0.1, 0.15) is 11.6 Å². The van der Waals surface area contributed by atoms with Crippen LogP contribution in [0.4, 0.5) is 4.79 Å². The summed E-state index contributed by atoms with van der Waals surface area (Å²) in [5.74, 6) is -0.0701. The molecule has 4 N–H and O–H groups in total. The zero-order chi connectivity index (χ0) is 25.5. The summed E-state index contributed by atoms with van der Waals surface area (Å²) >= 11 is 0. The minimum absolute atomic E-state index is 0.151. The average molecular weight is 492 g/mol. The van der Waals surface area contributed by atoms with Gasteiger partial charge in [-0.1, -0.05) is 61.9 Å². The Balaban J connectivity index is 1.54. The van der Waals surface area contributed by atoms with E-state index in [1.54, 1.807) is 6.92 Å². The Kier molecular flexibility index (Phi) is 8.31. The number of H-pyrrole nitrogens is 1. The fraction of sp³-hybridized carbons (Fsp3) is 0.448. The lowest BCUT2D eigenvalue weighted by molar-refractivity contribution is -0.128. The predicted molar refractivity (Wildman–Crippen MR) is 141 cm³/mol. The van der Waals surface area contributed by atoms with Crippen molar-refractivity contribution in [3.63, 3.8) is 0 Å². The van der Waals surface area contributed by atoms with E-state index in [0.717, 1.165) is 47.7 Å². The highest BCUT2D eigenvalue weighted by atomic mass is 16.6. The van der Waals surface area contributed by atoms with Crippen LogP contribution in [-0.4, -0.2) is 46.4 Å². The number of fused-ring (bicyclic) bond motifs is 1. The molecule has 1 aromatic heterocycles. The monoisotopic (exact) mass is 491 g/mol. The number of rotatable bonds is 9. The number of hydrogen-bond acceptors (Lipinski definition) is 4. The Hall–Kier alpha value is -3.32. The van der Waals surface area contributed by atoms with Gasteiger partial charge in [0.2, 0.25) is 5.91 Å². The van der Waals surface area contributed by atoms with Gasteiger partial charge in [-0.25, -0.2) is 4.79 Å². The number of ether oxygens (including phenoxy) is 1. The second-order valence-electron chi connectivity index (χ2n) is 10.2. The normalized spacial score (nSPS) is 20.3. The molecule has 3 unspecified atom stereocenters. The van der Waals surface area contributed by atoms with Gasteiger partial charge in [0.05, 0.1) is 12.6 Å². The van der Waals surface area contributed by atoms with Crippen molar-refractivity contribution in [1.82, 2.24) is 15.6 Å². The van der Waals surface area contributed by atoms with Crippen molar-refractivity contribution in [3.8, 4) is 0 Å². The molecule has 0 radical (unpaired) electrons. The molecule has 3 aromatic rings. The minimum atomic E-state index is -1.29. The third-order valence-electron chi connectivity index (χ3n) is 7.27. The van der Waals surface area contributed by atoms with Crippen LogP contribution in [0.15, 0.2) is 60.8 Å². The van der Waals surface area contributed by atoms with E-state index in [1.165, 1.54) is 0 Å². The summed E-state index contributed by atoms with van der Waals surface area (Å²) in [6, 6.07) is 17.1. The molecule has 192 valence electrons. The molecule has 1 saturated carbocycles. The van der Waals surface area contributed by atoms with Crippen LogP contribution in [0.5, 0.6) is 0 Å². The van der Waals surface area contributed by atoms with Gasteiger partial charge < -0.3 is 25.5 Å². The van der Waals surface area contributed by atoms with Crippen LogP contribution in [0.25, 0.3) is 10.9 Å². The predicted octanol–water partition coefficient (Wildman–Crippen LogP) is 4.49. The molecule has 0 spiro atoms. The van der Waals surface area contributed by atoms with E-state index in [9.17, 15) is 14.7 Å². The summed E-state index contributed by atoms with van der Waals surface area (Å²) in [4.78, 5) is 30.0. The van der Waals surface area contributed by atoms with Crippen LogP contribution in [-0.2, 0) is 22.4 Å². The van der Waals surface area contributed by atoms with Crippen molar-refractivity contribution < 1.29 is 19.4 Å². The molecule has 0 saturated heterocycles. The number of benzene rings is 2. The van der Waals surface area contributed by atoms with Crippen LogP contribution < -0.4 is 10.6 Å². The van der Waals surface area contributed by atoms with Crippen molar-refractivity contribution >= 4 is 22.9 Å². The van der Waals surface area contributed by atoms with Crippen molar-refractivity contribution in [3.05, 3.63) is 71.9 Å². The van der Waals surface area contributed by atoms with Crippen LogP contribution in [0.1, 0.15) is 50.7 Å². The molecule has 2 amide bonds. The Morgan fingerprint density at radius 2 is 1.83 bits per heavy atom. The number of amides is 2. The number of aromatic amines is 1. The molecule has 1 fully saturated rings. The van der Waals surface area contributed by atoms with Gasteiger partial charge in [-0.05, 0) is 55.7 Å². The van der Waals surface area contributed by atoms with Gasteiger partial charge in [-0.3, -0.25) is 4.79 Å². The summed E-state index contributed by atoms with van der Waals surface area (Å²) in [6.07, 6.45) is 5.93.